The zero-order valence-electron chi connectivity index (χ0n) is 9.34. The SMILES string of the molecule is O=C1NC(=O)N(S(=O)(=O)c2ccc(F)cc2)CC1F. The Labute approximate surface area is 107 Å². The van der Waals surface area contributed by atoms with Crippen LogP contribution in [0.25, 0.3) is 0 Å². The van der Waals surface area contributed by atoms with Crippen LogP contribution in [0.1, 0.15) is 0 Å². The van der Waals surface area contributed by atoms with E-state index in [1.165, 1.54) is 0 Å². The Balaban J connectivity index is 2.37. The fourth-order valence-corrected chi connectivity index (χ4v) is 2.82. The van der Waals surface area contributed by atoms with Crippen molar-refractivity contribution >= 4 is 22.0 Å². The Morgan fingerprint density at radius 2 is 1.79 bits per heavy atom. The number of carbonyl (C=O) groups excluding carboxylic acids is 2. The summed E-state index contributed by atoms with van der Waals surface area (Å²) in [6.45, 7) is -0.898. The summed E-state index contributed by atoms with van der Waals surface area (Å²) in [5.74, 6) is -1.84. The highest BCUT2D eigenvalue weighted by molar-refractivity contribution is 7.89. The lowest BCUT2D eigenvalue weighted by molar-refractivity contribution is -0.126. The normalized spacial score (nSPS) is 20.3. The molecule has 9 heteroatoms. The molecule has 1 saturated heterocycles. The number of alkyl halides is 1. The minimum atomic E-state index is -4.32. The second kappa shape index (κ2) is 4.57. The number of nitrogens with one attached hydrogen (secondary N) is 1. The van der Waals surface area contributed by atoms with Crippen LogP contribution in [-0.4, -0.2) is 37.4 Å². The van der Waals surface area contributed by atoms with Crippen molar-refractivity contribution in [1.82, 2.24) is 9.62 Å². The summed E-state index contributed by atoms with van der Waals surface area (Å²) in [6, 6.07) is 2.45. The molecule has 6 nitrogen and oxygen atoms in total. The van der Waals surface area contributed by atoms with E-state index in [1.54, 1.807) is 5.32 Å². The monoisotopic (exact) mass is 290 g/mol. The fourth-order valence-electron chi connectivity index (χ4n) is 1.50. The first-order valence-corrected chi connectivity index (χ1v) is 6.53. The van der Waals surface area contributed by atoms with E-state index in [2.05, 4.69) is 0 Å². The number of amides is 3. The zero-order valence-corrected chi connectivity index (χ0v) is 10.2. The molecule has 1 aliphatic rings. The van der Waals surface area contributed by atoms with Crippen LogP contribution < -0.4 is 5.32 Å². The average molecular weight is 290 g/mol. The van der Waals surface area contributed by atoms with Crippen LogP contribution in [0.2, 0.25) is 0 Å². The van der Waals surface area contributed by atoms with Gasteiger partial charge in [-0.05, 0) is 24.3 Å². The van der Waals surface area contributed by atoms with E-state index in [9.17, 15) is 26.8 Å². The number of hydrogen-bond donors (Lipinski definition) is 1. The summed E-state index contributed by atoms with van der Waals surface area (Å²) in [5, 5.41) is 1.59. The number of sulfonamides is 1. The quantitative estimate of drug-likeness (QED) is 0.854. The molecule has 1 heterocycles. The van der Waals surface area contributed by atoms with Gasteiger partial charge in [-0.3, -0.25) is 10.1 Å². The van der Waals surface area contributed by atoms with Crippen LogP contribution in [0.15, 0.2) is 29.2 Å². The van der Waals surface area contributed by atoms with Gasteiger partial charge >= 0.3 is 6.03 Å². The van der Waals surface area contributed by atoms with Gasteiger partial charge in [0.2, 0.25) is 0 Å². The summed E-state index contributed by atoms with van der Waals surface area (Å²) >= 11 is 0. The Morgan fingerprint density at radius 3 is 2.37 bits per heavy atom. The predicted molar refractivity (Wildman–Crippen MR) is 58.7 cm³/mol. The molecule has 0 bridgehead atoms. The van der Waals surface area contributed by atoms with Crippen LogP contribution in [0.5, 0.6) is 0 Å². The van der Waals surface area contributed by atoms with Crippen molar-refractivity contribution in [3.05, 3.63) is 30.1 Å². The molecule has 0 aromatic heterocycles. The molecular formula is C10H8F2N2O4S. The van der Waals surface area contributed by atoms with E-state index in [0.717, 1.165) is 24.3 Å². The standard InChI is InChI=1S/C10H8F2N2O4S/c11-6-1-3-7(4-2-6)19(17,18)14-5-8(12)9(15)13-10(14)16/h1-4,8H,5H2,(H,13,15,16). The molecule has 1 aliphatic heterocycles. The van der Waals surface area contributed by atoms with Gasteiger partial charge in [-0.15, -0.1) is 0 Å². The van der Waals surface area contributed by atoms with Crippen LogP contribution in [-0.2, 0) is 14.8 Å². The molecule has 0 spiro atoms. The van der Waals surface area contributed by atoms with Gasteiger partial charge in [0.25, 0.3) is 15.9 Å². The molecule has 0 aliphatic carbocycles. The van der Waals surface area contributed by atoms with Crippen molar-refractivity contribution in [2.75, 3.05) is 6.54 Å². The van der Waals surface area contributed by atoms with Gasteiger partial charge < -0.3 is 0 Å². The van der Waals surface area contributed by atoms with Gasteiger partial charge in [0.1, 0.15) is 5.82 Å². The number of nitrogens with zero attached hydrogens (tertiary/aromatic N) is 1. The van der Waals surface area contributed by atoms with Gasteiger partial charge in [0, 0.05) is 0 Å². The molecule has 1 atom stereocenters. The first-order valence-electron chi connectivity index (χ1n) is 5.09. The van der Waals surface area contributed by atoms with Crippen molar-refractivity contribution in [2.24, 2.45) is 0 Å². The van der Waals surface area contributed by atoms with Crippen molar-refractivity contribution in [3.8, 4) is 0 Å². The van der Waals surface area contributed by atoms with E-state index in [-0.39, 0.29) is 9.20 Å². The van der Waals surface area contributed by atoms with Crippen LogP contribution in [0, 0.1) is 5.82 Å². The Hall–Kier alpha value is -2.03. The second-order valence-corrected chi connectivity index (χ2v) is 5.61. The van der Waals surface area contributed by atoms with Gasteiger partial charge in [0.05, 0.1) is 11.4 Å². The molecule has 1 fully saturated rings. The minimum Gasteiger partial charge on any atom is -0.274 e. The lowest BCUT2D eigenvalue weighted by atomic mass is 10.3. The highest BCUT2D eigenvalue weighted by Gasteiger charge is 2.39. The number of urea groups is 1. The number of rotatable bonds is 2. The summed E-state index contributed by atoms with van der Waals surface area (Å²) < 4.78 is 50.1. The second-order valence-electron chi connectivity index (χ2n) is 3.75. The maximum atomic E-state index is 13.2. The number of halogens is 2. The maximum Gasteiger partial charge on any atom is 0.338 e. The third kappa shape index (κ3) is 2.41. The van der Waals surface area contributed by atoms with Crippen molar-refractivity contribution in [3.63, 3.8) is 0 Å². The topological polar surface area (TPSA) is 83.6 Å². The lowest BCUT2D eigenvalue weighted by Crippen LogP contribution is -2.57. The van der Waals surface area contributed by atoms with Gasteiger partial charge in [0.15, 0.2) is 6.17 Å². The fraction of sp³-hybridized carbons (Fsp3) is 0.200. The van der Waals surface area contributed by atoms with E-state index < -0.39 is 40.5 Å². The molecule has 0 radical (unpaired) electrons. The zero-order chi connectivity index (χ0) is 14.2. The molecule has 3 amide bonds. The smallest absolute Gasteiger partial charge is 0.274 e. The summed E-state index contributed by atoms with van der Waals surface area (Å²) in [6.07, 6.45) is -2.13. The van der Waals surface area contributed by atoms with E-state index in [0.29, 0.717) is 0 Å². The van der Waals surface area contributed by atoms with Crippen molar-refractivity contribution < 1.29 is 26.8 Å². The molecule has 1 aromatic carbocycles. The van der Waals surface area contributed by atoms with E-state index in [1.807, 2.05) is 0 Å². The first-order chi connectivity index (χ1) is 8.82. The van der Waals surface area contributed by atoms with Crippen LogP contribution in [0.4, 0.5) is 13.6 Å². The van der Waals surface area contributed by atoms with Gasteiger partial charge in [-0.25, -0.2) is 26.3 Å². The largest absolute Gasteiger partial charge is 0.338 e. The third-order valence-electron chi connectivity index (χ3n) is 2.47. The van der Waals surface area contributed by atoms with Crippen molar-refractivity contribution in [2.45, 2.75) is 11.1 Å². The lowest BCUT2D eigenvalue weighted by Gasteiger charge is -2.27. The third-order valence-corrected chi connectivity index (χ3v) is 4.23. The Kier molecular flexibility index (Phi) is 3.23. The van der Waals surface area contributed by atoms with Crippen molar-refractivity contribution in [1.29, 1.82) is 0 Å². The van der Waals surface area contributed by atoms with Gasteiger partial charge in [-0.1, -0.05) is 0 Å². The first kappa shape index (κ1) is 13.4. The molecule has 0 saturated carbocycles. The predicted octanol–water partition coefficient (Wildman–Crippen LogP) is 0.404. The molecule has 1 N–H and O–H groups in total. The molecular weight excluding hydrogens is 282 g/mol. The van der Waals surface area contributed by atoms with Gasteiger partial charge in [-0.2, -0.15) is 0 Å². The van der Waals surface area contributed by atoms with Crippen LogP contribution in [0.3, 0.4) is 0 Å². The Bertz CT molecular complexity index is 629. The molecule has 102 valence electrons. The number of carbonyl (C=O) groups is 2. The van der Waals surface area contributed by atoms with E-state index >= 15 is 0 Å². The summed E-state index contributed by atoms with van der Waals surface area (Å²) in [7, 11) is -4.32. The molecule has 1 aromatic rings. The maximum absolute atomic E-state index is 13.2. The van der Waals surface area contributed by atoms with E-state index in [4.69, 9.17) is 0 Å². The molecule has 2 rings (SSSR count). The molecule has 19 heavy (non-hydrogen) atoms. The highest BCUT2D eigenvalue weighted by Crippen LogP contribution is 2.19. The highest BCUT2D eigenvalue weighted by atomic mass is 32.2. The average Bonchev–Trinajstić information content (AvgIpc) is 2.34. The number of hydrogen-bond acceptors (Lipinski definition) is 4. The Morgan fingerprint density at radius 1 is 1.21 bits per heavy atom. The number of imide groups is 1. The van der Waals surface area contributed by atoms with Crippen LogP contribution >= 0.6 is 0 Å². The minimum absolute atomic E-state index is 0.201. The number of benzene rings is 1. The summed E-state index contributed by atoms with van der Waals surface area (Å²) in [4.78, 5) is 21.9. The molecule has 1 unspecified atom stereocenters. The summed E-state index contributed by atoms with van der Waals surface area (Å²) in [5.41, 5.74) is 0.